The summed E-state index contributed by atoms with van der Waals surface area (Å²) in [5.41, 5.74) is 5.29. The molecule has 1 aromatic heterocycles. The van der Waals surface area contributed by atoms with Gasteiger partial charge >= 0.3 is 0 Å². The topological polar surface area (TPSA) is 81.3 Å². The molecule has 7 nitrogen and oxygen atoms in total. The van der Waals surface area contributed by atoms with Gasteiger partial charge in [0.2, 0.25) is 5.91 Å². The molecule has 0 radical (unpaired) electrons. The molecule has 6 rings (SSSR count). The maximum atomic E-state index is 12.8. The monoisotopic (exact) mass is 465 g/mol. The van der Waals surface area contributed by atoms with E-state index in [-0.39, 0.29) is 11.8 Å². The van der Waals surface area contributed by atoms with Gasteiger partial charge in [0, 0.05) is 54.6 Å². The van der Waals surface area contributed by atoms with Crippen LogP contribution in [-0.2, 0) is 4.79 Å². The van der Waals surface area contributed by atoms with Gasteiger partial charge in [0.25, 0.3) is 5.91 Å². The Morgan fingerprint density at radius 2 is 1.57 bits per heavy atom. The van der Waals surface area contributed by atoms with Crippen molar-refractivity contribution in [2.45, 2.75) is 12.8 Å². The van der Waals surface area contributed by atoms with E-state index in [0.29, 0.717) is 11.5 Å². The molecule has 4 aromatic rings. The molecular weight excluding hydrogens is 438 g/mol. The quantitative estimate of drug-likeness (QED) is 0.453. The number of benzene rings is 3. The Balaban J connectivity index is 1.06. The van der Waals surface area contributed by atoms with Crippen LogP contribution < -0.4 is 10.2 Å². The zero-order chi connectivity index (χ0) is 23.8. The largest absolute Gasteiger partial charge is 0.368 e. The third kappa shape index (κ3) is 4.49. The number of amides is 2. The lowest BCUT2D eigenvalue weighted by Gasteiger charge is -2.36. The summed E-state index contributed by atoms with van der Waals surface area (Å²) in [6.45, 7) is 3.22. The Morgan fingerprint density at radius 3 is 2.26 bits per heavy atom. The molecule has 35 heavy (non-hydrogen) atoms. The third-order valence-corrected chi connectivity index (χ3v) is 6.82. The van der Waals surface area contributed by atoms with Gasteiger partial charge in [-0.15, -0.1) is 0 Å². The SMILES string of the molecule is O=C(Nc1ccc(N2CCN(C(=O)C3CC3)CC2)cc1)c1ccc(-c2nc3ccccc3[nH]2)cc1. The maximum Gasteiger partial charge on any atom is 0.255 e. The van der Waals surface area contributed by atoms with E-state index in [2.05, 4.69) is 20.2 Å². The summed E-state index contributed by atoms with van der Waals surface area (Å²) in [5.74, 6) is 1.24. The smallest absolute Gasteiger partial charge is 0.255 e. The number of H-pyrrole nitrogens is 1. The van der Waals surface area contributed by atoms with E-state index in [9.17, 15) is 9.59 Å². The predicted molar refractivity (Wildman–Crippen MR) is 137 cm³/mol. The first-order valence-corrected chi connectivity index (χ1v) is 12.1. The number of imidazole rings is 1. The molecule has 0 atom stereocenters. The zero-order valence-corrected chi connectivity index (χ0v) is 19.4. The second kappa shape index (κ2) is 8.91. The number of hydrogen-bond acceptors (Lipinski definition) is 4. The van der Waals surface area contributed by atoms with Crippen LogP contribution in [0.2, 0.25) is 0 Å². The van der Waals surface area contributed by atoms with E-state index in [4.69, 9.17) is 0 Å². The third-order valence-electron chi connectivity index (χ3n) is 6.82. The molecule has 0 unspecified atom stereocenters. The van der Waals surface area contributed by atoms with Gasteiger partial charge < -0.3 is 20.1 Å². The molecule has 1 saturated heterocycles. The minimum atomic E-state index is -0.152. The minimum Gasteiger partial charge on any atom is -0.368 e. The van der Waals surface area contributed by atoms with E-state index in [1.165, 1.54) is 0 Å². The standard InChI is InChI=1S/C28H27N5O2/c34-27(20-7-5-19(6-8-20)26-30-24-3-1-2-4-25(24)31-26)29-22-11-13-23(14-12-22)32-15-17-33(18-16-32)28(35)21-9-10-21/h1-8,11-14,21H,9-10,15-18H2,(H,29,34)(H,30,31). The molecule has 0 bridgehead atoms. The molecular formula is C28H27N5O2. The first-order chi connectivity index (χ1) is 17.1. The van der Waals surface area contributed by atoms with Gasteiger partial charge in [-0.05, 0) is 61.4 Å². The highest BCUT2D eigenvalue weighted by atomic mass is 16.2. The highest BCUT2D eigenvalue weighted by molar-refractivity contribution is 6.04. The van der Waals surface area contributed by atoms with Crippen molar-refractivity contribution < 1.29 is 9.59 Å². The normalized spacial score (nSPS) is 15.9. The van der Waals surface area contributed by atoms with Crippen molar-refractivity contribution in [2.24, 2.45) is 5.92 Å². The van der Waals surface area contributed by atoms with Crippen molar-refractivity contribution in [3.8, 4) is 11.4 Å². The number of fused-ring (bicyclic) bond motifs is 1. The fourth-order valence-corrected chi connectivity index (χ4v) is 4.60. The highest BCUT2D eigenvalue weighted by Gasteiger charge is 2.34. The van der Waals surface area contributed by atoms with Crippen molar-refractivity contribution in [3.63, 3.8) is 0 Å². The van der Waals surface area contributed by atoms with Crippen LogP contribution in [0.25, 0.3) is 22.4 Å². The fourth-order valence-electron chi connectivity index (χ4n) is 4.60. The Kier molecular flexibility index (Phi) is 5.45. The number of piperazine rings is 1. The number of para-hydroxylation sites is 2. The summed E-state index contributed by atoms with van der Waals surface area (Å²) in [5, 5.41) is 2.98. The van der Waals surface area contributed by atoms with Gasteiger partial charge in [-0.2, -0.15) is 0 Å². The number of aromatic amines is 1. The molecule has 1 saturated carbocycles. The van der Waals surface area contributed by atoms with Gasteiger partial charge in [0.1, 0.15) is 5.82 Å². The number of rotatable bonds is 5. The maximum absolute atomic E-state index is 12.8. The van der Waals surface area contributed by atoms with E-state index in [1.807, 2.05) is 77.7 Å². The molecule has 2 fully saturated rings. The van der Waals surface area contributed by atoms with Crippen LogP contribution in [0.3, 0.4) is 0 Å². The summed E-state index contributed by atoms with van der Waals surface area (Å²) >= 11 is 0. The average molecular weight is 466 g/mol. The van der Waals surface area contributed by atoms with Crippen LogP contribution in [0.4, 0.5) is 11.4 Å². The summed E-state index contributed by atoms with van der Waals surface area (Å²) in [7, 11) is 0. The zero-order valence-electron chi connectivity index (χ0n) is 19.4. The van der Waals surface area contributed by atoms with Crippen molar-refractivity contribution in [1.82, 2.24) is 14.9 Å². The minimum absolute atomic E-state index is 0.152. The predicted octanol–water partition coefficient (Wildman–Crippen LogP) is 4.54. The first kappa shape index (κ1) is 21.4. The summed E-state index contributed by atoms with van der Waals surface area (Å²) in [6.07, 6.45) is 2.11. The summed E-state index contributed by atoms with van der Waals surface area (Å²) < 4.78 is 0. The van der Waals surface area contributed by atoms with Crippen molar-refractivity contribution in [3.05, 3.63) is 78.4 Å². The Hall–Kier alpha value is -4.13. The fraction of sp³-hybridized carbons (Fsp3) is 0.250. The van der Waals surface area contributed by atoms with Gasteiger partial charge in [-0.3, -0.25) is 9.59 Å². The Labute approximate surface area is 203 Å². The second-order valence-electron chi connectivity index (χ2n) is 9.27. The Bertz CT molecular complexity index is 1330. The lowest BCUT2D eigenvalue weighted by Crippen LogP contribution is -2.49. The molecule has 3 aromatic carbocycles. The highest BCUT2D eigenvalue weighted by Crippen LogP contribution is 2.31. The first-order valence-electron chi connectivity index (χ1n) is 12.1. The van der Waals surface area contributed by atoms with Crippen LogP contribution >= 0.6 is 0 Å². The number of carbonyl (C=O) groups excluding carboxylic acids is 2. The summed E-state index contributed by atoms with van der Waals surface area (Å²) in [6, 6.07) is 23.3. The molecule has 176 valence electrons. The van der Waals surface area contributed by atoms with Crippen molar-refractivity contribution >= 4 is 34.2 Å². The van der Waals surface area contributed by atoms with Gasteiger partial charge in [0.05, 0.1) is 11.0 Å². The number of anilines is 2. The number of nitrogens with zero attached hydrogens (tertiary/aromatic N) is 3. The molecule has 2 heterocycles. The van der Waals surface area contributed by atoms with Crippen LogP contribution in [0, 0.1) is 5.92 Å². The molecule has 0 spiro atoms. The number of carbonyl (C=O) groups is 2. The molecule has 1 aliphatic heterocycles. The van der Waals surface area contributed by atoms with Crippen LogP contribution in [0.1, 0.15) is 23.2 Å². The number of hydrogen-bond donors (Lipinski definition) is 2. The van der Waals surface area contributed by atoms with Gasteiger partial charge in [-0.1, -0.05) is 24.3 Å². The number of nitrogens with one attached hydrogen (secondary N) is 2. The molecule has 2 aliphatic rings. The molecule has 2 N–H and O–H groups in total. The summed E-state index contributed by atoms with van der Waals surface area (Å²) in [4.78, 5) is 37.2. The van der Waals surface area contributed by atoms with E-state index in [1.54, 1.807) is 0 Å². The molecule has 7 heteroatoms. The lowest BCUT2D eigenvalue weighted by atomic mass is 10.1. The number of aromatic nitrogens is 2. The van der Waals surface area contributed by atoms with Crippen LogP contribution in [-0.4, -0.2) is 52.9 Å². The van der Waals surface area contributed by atoms with Crippen LogP contribution in [0.5, 0.6) is 0 Å². The molecule has 1 aliphatic carbocycles. The van der Waals surface area contributed by atoms with E-state index < -0.39 is 0 Å². The van der Waals surface area contributed by atoms with E-state index in [0.717, 1.165) is 72.8 Å². The van der Waals surface area contributed by atoms with Gasteiger partial charge in [0.15, 0.2) is 0 Å². The van der Waals surface area contributed by atoms with Gasteiger partial charge in [-0.25, -0.2) is 4.98 Å². The van der Waals surface area contributed by atoms with Crippen molar-refractivity contribution in [1.29, 1.82) is 0 Å². The van der Waals surface area contributed by atoms with Crippen molar-refractivity contribution in [2.75, 3.05) is 36.4 Å². The lowest BCUT2D eigenvalue weighted by molar-refractivity contribution is -0.132. The Morgan fingerprint density at radius 1 is 0.857 bits per heavy atom. The van der Waals surface area contributed by atoms with Crippen LogP contribution in [0.15, 0.2) is 72.8 Å². The molecule has 2 amide bonds. The average Bonchev–Trinajstić information content (AvgIpc) is 3.67. The second-order valence-corrected chi connectivity index (χ2v) is 9.27. The van der Waals surface area contributed by atoms with E-state index >= 15 is 0 Å².